The summed E-state index contributed by atoms with van der Waals surface area (Å²) in [6, 6.07) is 26.6. The third-order valence-electron chi connectivity index (χ3n) is 11.3. The van der Waals surface area contributed by atoms with Crippen molar-refractivity contribution in [3.8, 4) is 0 Å². The second kappa shape index (κ2) is 16.4. The summed E-state index contributed by atoms with van der Waals surface area (Å²) in [6.45, 7) is 10.9. The van der Waals surface area contributed by atoms with E-state index in [1.165, 1.54) is 12.1 Å². The Hall–Kier alpha value is -3.92. The van der Waals surface area contributed by atoms with Crippen molar-refractivity contribution >= 4 is 17.7 Å². The molecule has 0 spiro atoms. The number of amides is 2. The maximum absolute atomic E-state index is 14.1. The van der Waals surface area contributed by atoms with Crippen molar-refractivity contribution in [2.75, 3.05) is 31.1 Å². The average Bonchev–Trinajstić information content (AvgIpc) is 3.50. The van der Waals surface area contributed by atoms with Crippen LogP contribution in [-0.4, -0.2) is 72.1 Å². The number of ether oxygens (including phenoxy) is 3. The first-order valence-electron chi connectivity index (χ1n) is 19.4. The number of piperidine rings is 3. The molecular formula is C43H56N4O5. The molecular weight excluding hydrogens is 652 g/mol. The third-order valence-corrected chi connectivity index (χ3v) is 11.3. The lowest BCUT2D eigenvalue weighted by molar-refractivity contribution is -0.114. The van der Waals surface area contributed by atoms with E-state index in [0.29, 0.717) is 31.6 Å². The summed E-state index contributed by atoms with van der Waals surface area (Å²) in [5.41, 5.74) is 4.94. The molecule has 3 saturated heterocycles. The molecule has 4 aliphatic rings. The molecule has 9 heteroatoms. The molecule has 0 aliphatic carbocycles. The van der Waals surface area contributed by atoms with Gasteiger partial charge in [0, 0.05) is 49.5 Å². The zero-order chi connectivity index (χ0) is 36.1. The van der Waals surface area contributed by atoms with Crippen molar-refractivity contribution in [1.29, 1.82) is 0 Å². The Kier molecular flexibility index (Phi) is 11.5. The molecule has 2 amide bonds. The predicted molar refractivity (Wildman–Crippen MR) is 203 cm³/mol. The standard InChI is InChI=1S/C43H56N4O5/c1-43(2,3)52-42(49)46-25-21-32(22-26-46)27-31-19-23-45(24-20-31)37-16-10-15-35-36(37)28-47(41(35)48)38-17-18-39(50-29-33-11-6-4-7-12-33)44-40(38)51-30-34-13-8-5-9-14-34/h4-16,31-32,38-40,44H,17-30H2,1-3H3. The van der Waals surface area contributed by atoms with Gasteiger partial charge in [-0.15, -0.1) is 0 Å². The van der Waals surface area contributed by atoms with Gasteiger partial charge in [-0.3, -0.25) is 10.1 Å². The number of hydrogen-bond donors (Lipinski definition) is 1. The van der Waals surface area contributed by atoms with E-state index in [9.17, 15) is 9.59 Å². The van der Waals surface area contributed by atoms with E-state index < -0.39 is 5.60 Å². The predicted octanol–water partition coefficient (Wildman–Crippen LogP) is 7.73. The zero-order valence-corrected chi connectivity index (χ0v) is 31.2. The number of anilines is 1. The lowest BCUT2D eigenvalue weighted by Gasteiger charge is -2.41. The minimum atomic E-state index is -0.458. The SMILES string of the molecule is CC(C)(C)OC(=O)N1CCC(CC2CCN(c3cccc4c3CN(C3CCC(OCc5ccccc5)NC3OCc3ccccc3)C4=O)CC2)CC1. The summed E-state index contributed by atoms with van der Waals surface area (Å²) in [6.07, 6.45) is 6.52. The first-order chi connectivity index (χ1) is 25.2. The molecule has 3 aromatic carbocycles. The molecule has 1 N–H and O–H groups in total. The Morgan fingerprint density at radius 3 is 2.00 bits per heavy atom. The van der Waals surface area contributed by atoms with Gasteiger partial charge in [0.1, 0.15) is 18.1 Å². The van der Waals surface area contributed by atoms with Gasteiger partial charge in [0.05, 0.1) is 19.3 Å². The van der Waals surface area contributed by atoms with Crippen molar-refractivity contribution in [2.45, 2.75) is 110 Å². The van der Waals surface area contributed by atoms with Crippen LogP contribution in [0, 0.1) is 11.8 Å². The van der Waals surface area contributed by atoms with Crippen LogP contribution in [0.2, 0.25) is 0 Å². The van der Waals surface area contributed by atoms with Crippen molar-refractivity contribution in [3.63, 3.8) is 0 Å². The van der Waals surface area contributed by atoms with Crippen LogP contribution in [0.5, 0.6) is 0 Å². The molecule has 7 rings (SSSR count). The first-order valence-corrected chi connectivity index (χ1v) is 19.4. The van der Waals surface area contributed by atoms with Crippen LogP contribution in [0.3, 0.4) is 0 Å². The van der Waals surface area contributed by atoms with E-state index in [-0.39, 0.29) is 30.5 Å². The van der Waals surface area contributed by atoms with Gasteiger partial charge < -0.3 is 28.9 Å². The highest BCUT2D eigenvalue weighted by Crippen LogP contribution is 2.38. The molecule has 9 nitrogen and oxygen atoms in total. The third kappa shape index (κ3) is 8.99. The number of carbonyl (C=O) groups is 2. The van der Waals surface area contributed by atoms with Gasteiger partial charge in [0.2, 0.25) is 0 Å². The van der Waals surface area contributed by atoms with Gasteiger partial charge in [-0.2, -0.15) is 0 Å². The van der Waals surface area contributed by atoms with Crippen LogP contribution in [0.1, 0.15) is 92.8 Å². The maximum atomic E-state index is 14.1. The van der Waals surface area contributed by atoms with Crippen LogP contribution in [0.15, 0.2) is 78.9 Å². The summed E-state index contributed by atoms with van der Waals surface area (Å²) >= 11 is 0. The van der Waals surface area contributed by atoms with Crippen LogP contribution >= 0.6 is 0 Å². The minimum Gasteiger partial charge on any atom is -0.444 e. The molecule has 0 aromatic heterocycles. The van der Waals surface area contributed by atoms with Crippen LogP contribution in [0.4, 0.5) is 10.5 Å². The van der Waals surface area contributed by atoms with E-state index in [4.69, 9.17) is 14.2 Å². The summed E-state index contributed by atoms with van der Waals surface area (Å²) in [5, 5.41) is 3.63. The summed E-state index contributed by atoms with van der Waals surface area (Å²) < 4.78 is 18.5. The fourth-order valence-electron chi connectivity index (χ4n) is 8.45. The maximum Gasteiger partial charge on any atom is 0.410 e. The Balaban J connectivity index is 0.956. The smallest absolute Gasteiger partial charge is 0.410 e. The average molecular weight is 709 g/mol. The molecule has 0 saturated carbocycles. The highest BCUT2D eigenvalue weighted by Gasteiger charge is 2.42. The number of carbonyl (C=O) groups excluding carboxylic acids is 2. The number of nitrogens with one attached hydrogen (secondary N) is 1. The second-order valence-electron chi connectivity index (χ2n) is 16.1. The summed E-state index contributed by atoms with van der Waals surface area (Å²) in [7, 11) is 0. The van der Waals surface area contributed by atoms with Gasteiger partial charge in [0.15, 0.2) is 0 Å². The molecule has 278 valence electrons. The van der Waals surface area contributed by atoms with E-state index in [1.807, 2.05) is 73.0 Å². The second-order valence-corrected chi connectivity index (χ2v) is 16.1. The van der Waals surface area contributed by atoms with E-state index >= 15 is 0 Å². The largest absolute Gasteiger partial charge is 0.444 e. The Morgan fingerprint density at radius 2 is 1.37 bits per heavy atom. The van der Waals surface area contributed by atoms with Crippen molar-refractivity contribution in [3.05, 3.63) is 101 Å². The molecule has 4 heterocycles. The molecule has 3 fully saturated rings. The van der Waals surface area contributed by atoms with E-state index in [1.54, 1.807) is 0 Å². The number of nitrogens with zero attached hydrogens (tertiary/aromatic N) is 3. The zero-order valence-electron chi connectivity index (χ0n) is 31.2. The quantitative estimate of drug-likeness (QED) is 0.231. The molecule has 0 bridgehead atoms. The van der Waals surface area contributed by atoms with Gasteiger partial charge in [-0.05, 0) is 101 Å². The normalized spacial score (nSPS) is 23.2. The monoisotopic (exact) mass is 708 g/mol. The van der Waals surface area contributed by atoms with Crippen LogP contribution in [-0.2, 0) is 34.0 Å². The molecule has 3 unspecified atom stereocenters. The number of hydrogen-bond acceptors (Lipinski definition) is 7. The van der Waals surface area contributed by atoms with Crippen molar-refractivity contribution in [1.82, 2.24) is 15.1 Å². The van der Waals surface area contributed by atoms with Crippen molar-refractivity contribution < 1.29 is 23.8 Å². The molecule has 3 atom stereocenters. The fraction of sp³-hybridized carbons (Fsp3) is 0.535. The molecule has 3 aromatic rings. The van der Waals surface area contributed by atoms with Crippen LogP contribution < -0.4 is 10.2 Å². The highest BCUT2D eigenvalue weighted by molar-refractivity contribution is 6.00. The van der Waals surface area contributed by atoms with Gasteiger partial charge in [-0.1, -0.05) is 66.7 Å². The summed E-state index contributed by atoms with van der Waals surface area (Å²) in [5.74, 6) is 1.44. The van der Waals surface area contributed by atoms with E-state index in [2.05, 4.69) is 46.6 Å². The first kappa shape index (κ1) is 36.4. The van der Waals surface area contributed by atoms with Gasteiger partial charge in [0.25, 0.3) is 5.91 Å². The minimum absolute atomic E-state index is 0.0909. The fourth-order valence-corrected chi connectivity index (χ4v) is 8.45. The topological polar surface area (TPSA) is 83.6 Å². The van der Waals surface area contributed by atoms with E-state index in [0.717, 1.165) is 87.0 Å². The summed E-state index contributed by atoms with van der Waals surface area (Å²) in [4.78, 5) is 33.1. The molecule has 4 aliphatic heterocycles. The number of benzene rings is 3. The number of rotatable bonds is 10. The molecule has 0 radical (unpaired) electrons. The lowest BCUT2D eigenvalue weighted by atomic mass is 9.82. The Labute approximate surface area is 309 Å². The van der Waals surface area contributed by atoms with Gasteiger partial charge in [-0.25, -0.2) is 4.79 Å². The Morgan fingerprint density at radius 1 is 0.750 bits per heavy atom. The van der Waals surface area contributed by atoms with Crippen molar-refractivity contribution in [2.24, 2.45) is 11.8 Å². The highest BCUT2D eigenvalue weighted by atomic mass is 16.6. The number of likely N-dealkylation sites (tertiary alicyclic amines) is 1. The van der Waals surface area contributed by atoms with Crippen LogP contribution in [0.25, 0.3) is 0 Å². The number of fused-ring (bicyclic) bond motifs is 1. The van der Waals surface area contributed by atoms with Gasteiger partial charge >= 0.3 is 6.09 Å². The Bertz CT molecular complexity index is 1630. The lowest BCUT2D eigenvalue weighted by Crippen LogP contribution is -2.58. The molecule has 52 heavy (non-hydrogen) atoms.